The number of benzene rings is 4. The van der Waals surface area contributed by atoms with Crippen molar-refractivity contribution in [2.24, 2.45) is 0 Å². The van der Waals surface area contributed by atoms with Crippen LogP contribution in [0, 0.1) is 6.92 Å². The standard InChI is InChI=1S/C21H16.C2H6/c1-15-7-12-20-19(13-15)11-9-17-8-10-18(14-21(17)20)16-5-3-2-4-6-16;1-2/h2-14H,1H3;1-2H3. The fourth-order valence-electron chi connectivity index (χ4n) is 2.99. The van der Waals surface area contributed by atoms with Crippen LogP contribution in [0.5, 0.6) is 0 Å². The zero-order chi connectivity index (χ0) is 16.2. The van der Waals surface area contributed by atoms with E-state index in [0.717, 1.165) is 0 Å². The summed E-state index contributed by atoms with van der Waals surface area (Å²) in [4.78, 5) is 0. The number of hydrogen-bond acceptors (Lipinski definition) is 0. The van der Waals surface area contributed by atoms with Gasteiger partial charge < -0.3 is 0 Å². The van der Waals surface area contributed by atoms with Crippen LogP contribution in [0.15, 0.2) is 78.9 Å². The molecule has 0 saturated carbocycles. The molecule has 4 aromatic carbocycles. The topological polar surface area (TPSA) is 0 Å². The molecule has 4 aromatic rings. The number of rotatable bonds is 1. The summed E-state index contributed by atoms with van der Waals surface area (Å²) < 4.78 is 0. The Hall–Kier alpha value is -2.60. The van der Waals surface area contributed by atoms with E-state index in [0.29, 0.717) is 0 Å². The molecule has 0 spiro atoms. The minimum atomic E-state index is 1.27. The van der Waals surface area contributed by atoms with E-state index in [1.807, 2.05) is 13.8 Å². The SMILES string of the molecule is CC.Cc1ccc2c(ccc3ccc(-c4ccccc4)cc32)c1. The predicted octanol–water partition coefficient (Wildman–Crippen LogP) is 6.99. The second-order valence-electron chi connectivity index (χ2n) is 5.59. The number of hydrogen-bond donors (Lipinski definition) is 0. The van der Waals surface area contributed by atoms with Gasteiger partial charge in [-0.25, -0.2) is 0 Å². The zero-order valence-electron chi connectivity index (χ0n) is 14.0. The van der Waals surface area contributed by atoms with E-state index >= 15 is 0 Å². The van der Waals surface area contributed by atoms with Gasteiger partial charge in [-0.05, 0) is 45.7 Å². The molecule has 0 aliphatic heterocycles. The smallest absolute Gasteiger partial charge is 0.00992 e. The third-order valence-electron chi connectivity index (χ3n) is 4.10. The molecule has 23 heavy (non-hydrogen) atoms. The lowest BCUT2D eigenvalue weighted by atomic mass is 9.96. The van der Waals surface area contributed by atoms with Crippen LogP contribution < -0.4 is 0 Å². The van der Waals surface area contributed by atoms with Crippen molar-refractivity contribution in [3.05, 3.63) is 84.4 Å². The predicted molar refractivity (Wildman–Crippen MR) is 103 cm³/mol. The number of fused-ring (bicyclic) bond motifs is 3. The quantitative estimate of drug-likeness (QED) is 0.332. The molecule has 4 rings (SSSR count). The van der Waals surface area contributed by atoms with Gasteiger partial charge >= 0.3 is 0 Å². The van der Waals surface area contributed by atoms with E-state index in [9.17, 15) is 0 Å². The van der Waals surface area contributed by atoms with Crippen molar-refractivity contribution in [3.8, 4) is 11.1 Å². The first-order chi connectivity index (χ1) is 11.3. The second-order valence-corrected chi connectivity index (χ2v) is 5.59. The minimum absolute atomic E-state index is 1.27. The lowest BCUT2D eigenvalue weighted by molar-refractivity contribution is 1.50. The van der Waals surface area contributed by atoms with Crippen LogP contribution >= 0.6 is 0 Å². The molecule has 0 aliphatic carbocycles. The Morgan fingerprint density at radius 3 is 2.00 bits per heavy atom. The third-order valence-corrected chi connectivity index (χ3v) is 4.10. The molecule has 0 amide bonds. The van der Waals surface area contributed by atoms with Crippen LogP contribution in [0.25, 0.3) is 32.7 Å². The van der Waals surface area contributed by atoms with Crippen molar-refractivity contribution < 1.29 is 0 Å². The van der Waals surface area contributed by atoms with Crippen molar-refractivity contribution in [3.63, 3.8) is 0 Å². The summed E-state index contributed by atoms with van der Waals surface area (Å²) in [6.07, 6.45) is 0. The minimum Gasteiger partial charge on any atom is -0.0683 e. The van der Waals surface area contributed by atoms with E-state index in [2.05, 4.69) is 85.8 Å². The van der Waals surface area contributed by atoms with Gasteiger partial charge in [-0.3, -0.25) is 0 Å². The van der Waals surface area contributed by atoms with Crippen LogP contribution in [-0.2, 0) is 0 Å². The summed E-state index contributed by atoms with van der Waals surface area (Å²) in [5.41, 5.74) is 3.85. The molecular weight excluding hydrogens is 276 g/mol. The average Bonchev–Trinajstić information content (AvgIpc) is 2.63. The first-order valence-corrected chi connectivity index (χ1v) is 8.30. The van der Waals surface area contributed by atoms with Gasteiger partial charge in [0.15, 0.2) is 0 Å². The highest BCUT2D eigenvalue weighted by Crippen LogP contribution is 2.30. The molecule has 0 heteroatoms. The van der Waals surface area contributed by atoms with Crippen molar-refractivity contribution in [1.29, 1.82) is 0 Å². The Morgan fingerprint density at radius 1 is 0.522 bits per heavy atom. The van der Waals surface area contributed by atoms with Gasteiger partial charge in [-0.1, -0.05) is 92.2 Å². The summed E-state index contributed by atoms with van der Waals surface area (Å²) in [6.45, 7) is 6.14. The summed E-state index contributed by atoms with van der Waals surface area (Å²) in [6, 6.07) is 28.4. The Bertz CT molecular complexity index is 934. The highest BCUT2D eigenvalue weighted by atomic mass is 14.1. The molecule has 0 aliphatic rings. The molecule has 114 valence electrons. The van der Waals surface area contributed by atoms with E-state index in [4.69, 9.17) is 0 Å². The van der Waals surface area contributed by atoms with Crippen molar-refractivity contribution >= 4 is 21.5 Å². The molecule has 0 nitrogen and oxygen atoms in total. The summed E-state index contributed by atoms with van der Waals surface area (Å²) in [5.74, 6) is 0. The van der Waals surface area contributed by atoms with E-state index in [-0.39, 0.29) is 0 Å². The van der Waals surface area contributed by atoms with Crippen molar-refractivity contribution in [2.75, 3.05) is 0 Å². The largest absolute Gasteiger partial charge is 0.0683 e. The fourth-order valence-corrected chi connectivity index (χ4v) is 2.99. The van der Waals surface area contributed by atoms with Gasteiger partial charge in [-0.15, -0.1) is 0 Å². The maximum Gasteiger partial charge on any atom is -0.00992 e. The molecule has 0 aromatic heterocycles. The van der Waals surface area contributed by atoms with Crippen LogP contribution in [-0.4, -0.2) is 0 Å². The molecule has 0 fully saturated rings. The van der Waals surface area contributed by atoms with Crippen LogP contribution in [0.2, 0.25) is 0 Å². The van der Waals surface area contributed by atoms with Gasteiger partial charge in [0.05, 0.1) is 0 Å². The van der Waals surface area contributed by atoms with E-state index in [1.165, 1.54) is 38.2 Å². The molecule has 0 bridgehead atoms. The molecule has 0 atom stereocenters. The molecule has 0 radical (unpaired) electrons. The van der Waals surface area contributed by atoms with Crippen LogP contribution in [0.4, 0.5) is 0 Å². The van der Waals surface area contributed by atoms with Crippen molar-refractivity contribution in [1.82, 2.24) is 0 Å². The maximum atomic E-state index is 2.31. The van der Waals surface area contributed by atoms with E-state index < -0.39 is 0 Å². The summed E-state index contributed by atoms with van der Waals surface area (Å²) >= 11 is 0. The maximum absolute atomic E-state index is 2.31. The van der Waals surface area contributed by atoms with Gasteiger partial charge in [0.2, 0.25) is 0 Å². The Balaban J connectivity index is 0.000000753. The molecule has 0 N–H and O–H groups in total. The summed E-state index contributed by atoms with van der Waals surface area (Å²) in [5, 5.41) is 5.27. The molecule has 0 heterocycles. The zero-order valence-corrected chi connectivity index (χ0v) is 14.0. The second kappa shape index (κ2) is 6.66. The van der Waals surface area contributed by atoms with Crippen molar-refractivity contribution in [2.45, 2.75) is 20.8 Å². The first kappa shape index (κ1) is 15.3. The lowest BCUT2D eigenvalue weighted by Gasteiger charge is -2.08. The van der Waals surface area contributed by atoms with E-state index in [1.54, 1.807) is 0 Å². The van der Waals surface area contributed by atoms with Gasteiger partial charge in [-0.2, -0.15) is 0 Å². The normalized spacial score (nSPS) is 10.4. The molecule has 0 saturated heterocycles. The summed E-state index contributed by atoms with van der Waals surface area (Å²) in [7, 11) is 0. The Kier molecular flexibility index (Phi) is 4.43. The monoisotopic (exact) mass is 298 g/mol. The lowest BCUT2D eigenvalue weighted by Crippen LogP contribution is -1.82. The first-order valence-electron chi connectivity index (χ1n) is 8.30. The third kappa shape index (κ3) is 2.98. The van der Waals surface area contributed by atoms with Crippen LogP contribution in [0.3, 0.4) is 0 Å². The Morgan fingerprint density at radius 2 is 1.22 bits per heavy atom. The van der Waals surface area contributed by atoms with Crippen LogP contribution in [0.1, 0.15) is 19.4 Å². The van der Waals surface area contributed by atoms with Gasteiger partial charge in [0, 0.05) is 0 Å². The fraction of sp³-hybridized carbons (Fsp3) is 0.130. The van der Waals surface area contributed by atoms with Gasteiger partial charge in [0.25, 0.3) is 0 Å². The highest BCUT2D eigenvalue weighted by molar-refractivity contribution is 6.08. The Labute approximate surface area is 138 Å². The molecular formula is C23H22. The number of aryl methyl sites for hydroxylation is 1. The molecule has 0 unspecified atom stereocenters. The van der Waals surface area contributed by atoms with Gasteiger partial charge in [0.1, 0.15) is 0 Å². The average molecular weight is 298 g/mol. The highest BCUT2D eigenvalue weighted by Gasteiger charge is 2.03.